The summed E-state index contributed by atoms with van der Waals surface area (Å²) in [6.45, 7) is 4.38. The molecule has 0 bridgehead atoms. The van der Waals surface area contributed by atoms with Crippen molar-refractivity contribution < 1.29 is 13.2 Å². The van der Waals surface area contributed by atoms with E-state index in [2.05, 4.69) is 46.0 Å². The number of hydrogen-bond acceptors (Lipinski definition) is 4. The van der Waals surface area contributed by atoms with Gasteiger partial charge in [-0.15, -0.1) is 0 Å². The zero-order chi connectivity index (χ0) is 19.0. The van der Waals surface area contributed by atoms with Crippen LogP contribution in [0.1, 0.15) is 24.0 Å². The smallest absolute Gasteiger partial charge is 0.244 e. The second-order valence-electron chi connectivity index (χ2n) is 7.10. The van der Waals surface area contributed by atoms with E-state index in [0.717, 1.165) is 12.8 Å². The molecule has 0 saturated carbocycles. The highest BCUT2D eigenvalue weighted by atomic mass is 79.9. The van der Waals surface area contributed by atoms with Crippen LogP contribution in [0.25, 0.3) is 0 Å². The van der Waals surface area contributed by atoms with Crippen molar-refractivity contribution in [3.63, 3.8) is 0 Å². The van der Waals surface area contributed by atoms with Crippen LogP contribution < -0.4 is 4.90 Å². The maximum atomic E-state index is 13.0. The summed E-state index contributed by atoms with van der Waals surface area (Å²) >= 11 is 3.37. The van der Waals surface area contributed by atoms with Gasteiger partial charge in [-0.05, 0) is 53.4 Å². The first-order valence-electron chi connectivity index (χ1n) is 9.16. The molecule has 0 aromatic heterocycles. The SMILES string of the molecule is Cc1cccc2c1N(C1CCN(S(=O)(=O)c3ccccc3Br)CC1)COC2. The van der Waals surface area contributed by atoms with Gasteiger partial charge in [0.2, 0.25) is 10.0 Å². The number of benzene rings is 2. The number of rotatable bonds is 3. The van der Waals surface area contributed by atoms with E-state index in [1.165, 1.54) is 16.8 Å². The number of ether oxygens (including phenoxy) is 1. The maximum Gasteiger partial charge on any atom is 0.244 e. The summed E-state index contributed by atoms with van der Waals surface area (Å²) in [5.74, 6) is 0. The van der Waals surface area contributed by atoms with Crippen molar-refractivity contribution in [1.82, 2.24) is 4.31 Å². The zero-order valence-corrected chi connectivity index (χ0v) is 17.7. The largest absolute Gasteiger partial charge is 0.356 e. The van der Waals surface area contributed by atoms with Gasteiger partial charge in [-0.3, -0.25) is 0 Å². The van der Waals surface area contributed by atoms with E-state index in [1.807, 2.05) is 6.07 Å². The highest BCUT2D eigenvalue weighted by Crippen LogP contribution is 2.34. The summed E-state index contributed by atoms with van der Waals surface area (Å²) < 4.78 is 34.0. The second kappa shape index (κ2) is 7.54. The molecule has 0 unspecified atom stereocenters. The minimum atomic E-state index is -3.48. The van der Waals surface area contributed by atoms with Crippen LogP contribution in [0, 0.1) is 6.92 Å². The maximum absolute atomic E-state index is 13.0. The van der Waals surface area contributed by atoms with Crippen LogP contribution in [0.15, 0.2) is 51.8 Å². The molecule has 0 spiro atoms. The molecule has 2 aromatic carbocycles. The number of piperidine rings is 1. The number of fused-ring (bicyclic) bond motifs is 1. The van der Waals surface area contributed by atoms with Crippen LogP contribution in [0.3, 0.4) is 0 Å². The quantitative estimate of drug-likeness (QED) is 0.711. The van der Waals surface area contributed by atoms with Crippen molar-refractivity contribution in [2.45, 2.75) is 37.3 Å². The Morgan fingerprint density at radius 2 is 1.81 bits per heavy atom. The average Bonchev–Trinajstić information content (AvgIpc) is 2.68. The van der Waals surface area contributed by atoms with Crippen LogP contribution in [0.2, 0.25) is 0 Å². The van der Waals surface area contributed by atoms with Gasteiger partial charge in [0.15, 0.2) is 0 Å². The zero-order valence-electron chi connectivity index (χ0n) is 15.3. The molecule has 1 fully saturated rings. The van der Waals surface area contributed by atoms with Gasteiger partial charge < -0.3 is 9.64 Å². The van der Waals surface area contributed by atoms with Gasteiger partial charge in [-0.2, -0.15) is 4.31 Å². The first-order valence-corrected chi connectivity index (χ1v) is 11.4. The van der Waals surface area contributed by atoms with Crippen molar-refractivity contribution in [2.75, 3.05) is 24.7 Å². The molecule has 2 heterocycles. The summed E-state index contributed by atoms with van der Waals surface area (Å²) in [5, 5.41) is 0. The molecule has 2 aliphatic rings. The molecule has 0 amide bonds. The van der Waals surface area contributed by atoms with Crippen molar-refractivity contribution in [1.29, 1.82) is 0 Å². The normalized spacial score (nSPS) is 19.1. The molecular formula is C20H23BrN2O3S. The molecule has 7 heteroatoms. The Balaban J connectivity index is 1.52. The molecule has 2 aromatic rings. The van der Waals surface area contributed by atoms with Crippen LogP contribution >= 0.6 is 15.9 Å². The lowest BCUT2D eigenvalue weighted by Gasteiger charge is -2.42. The van der Waals surface area contributed by atoms with Crippen molar-refractivity contribution in [3.05, 3.63) is 58.1 Å². The summed E-state index contributed by atoms with van der Waals surface area (Å²) in [4.78, 5) is 2.65. The predicted octanol–water partition coefficient (Wildman–Crippen LogP) is 3.90. The highest BCUT2D eigenvalue weighted by molar-refractivity contribution is 9.10. The minimum Gasteiger partial charge on any atom is -0.356 e. The first kappa shape index (κ1) is 18.9. The van der Waals surface area contributed by atoms with Gasteiger partial charge in [-0.25, -0.2) is 8.42 Å². The Morgan fingerprint density at radius 1 is 1.07 bits per heavy atom. The molecule has 0 radical (unpaired) electrons. The fourth-order valence-corrected chi connectivity index (χ4v) is 6.47. The number of anilines is 1. The summed E-state index contributed by atoms with van der Waals surface area (Å²) in [6, 6.07) is 13.6. The van der Waals surface area contributed by atoms with Crippen LogP contribution in [-0.4, -0.2) is 38.6 Å². The lowest BCUT2D eigenvalue weighted by Crippen LogP contribution is -2.48. The standard InChI is InChI=1S/C20H23BrN2O3S/c1-15-5-4-6-16-13-26-14-23(20(15)16)17-9-11-22(12-10-17)27(24,25)19-8-3-2-7-18(19)21/h2-8,17H,9-14H2,1H3. The minimum absolute atomic E-state index is 0.288. The third-order valence-electron chi connectivity index (χ3n) is 5.42. The number of aryl methyl sites for hydroxylation is 1. The first-order chi connectivity index (χ1) is 13.0. The summed E-state index contributed by atoms with van der Waals surface area (Å²) in [5.41, 5.74) is 3.72. The monoisotopic (exact) mass is 450 g/mol. The van der Waals surface area contributed by atoms with Gasteiger partial charge in [0.1, 0.15) is 6.73 Å². The number of para-hydroxylation sites is 1. The molecular weight excluding hydrogens is 428 g/mol. The molecule has 0 atom stereocenters. The number of halogens is 1. The fourth-order valence-electron chi connectivity index (χ4n) is 4.04. The predicted molar refractivity (Wildman–Crippen MR) is 109 cm³/mol. The van der Waals surface area contributed by atoms with Gasteiger partial charge >= 0.3 is 0 Å². The molecule has 0 aliphatic carbocycles. The van der Waals surface area contributed by atoms with E-state index >= 15 is 0 Å². The topological polar surface area (TPSA) is 49.9 Å². The highest BCUT2D eigenvalue weighted by Gasteiger charge is 2.34. The second-order valence-corrected chi connectivity index (χ2v) is 9.86. The Labute approximate surface area is 169 Å². The van der Waals surface area contributed by atoms with E-state index < -0.39 is 10.0 Å². The van der Waals surface area contributed by atoms with E-state index in [1.54, 1.807) is 22.5 Å². The van der Waals surface area contributed by atoms with Gasteiger partial charge in [-0.1, -0.05) is 30.3 Å². The van der Waals surface area contributed by atoms with E-state index in [4.69, 9.17) is 4.74 Å². The van der Waals surface area contributed by atoms with Crippen molar-refractivity contribution >= 4 is 31.6 Å². The molecule has 144 valence electrons. The van der Waals surface area contributed by atoms with Crippen LogP contribution in [0.4, 0.5) is 5.69 Å². The molecule has 0 N–H and O–H groups in total. The van der Waals surface area contributed by atoms with Gasteiger partial charge in [0, 0.05) is 34.9 Å². The summed E-state index contributed by atoms with van der Waals surface area (Å²) in [7, 11) is -3.48. The lowest BCUT2D eigenvalue weighted by atomic mass is 10.00. The number of nitrogens with zero attached hydrogens (tertiary/aromatic N) is 2. The lowest BCUT2D eigenvalue weighted by molar-refractivity contribution is 0.0986. The molecule has 5 nitrogen and oxygen atoms in total. The third kappa shape index (κ3) is 3.53. The van der Waals surface area contributed by atoms with Gasteiger partial charge in [0.05, 0.1) is 11.5 Å². The Morgan fingerprint density at radius 3 is 2.56 bits per heavy atom. The molecule has 2 aliphatic heterocycles. The van der Waals surface area contributed by atoms with E-state index in [0.29, 0.717) is 35.8 Å². The van der Waals surface area contributed by atoms with Crippen molar-refractivity contribution in [2.24, 2.45) is 0 Å². The number of sulfonamides is 1. The van der Waals surface area contributed by atoms with Crippen molar-refractivity contribution in [3.8, 4) is 0 Å². The fraction of sp³-hybridized carbons (Fsp3) is 0.400. The Kier molecular flexibility index (Phi) is 5.29. The average molecular weight is 451 g/mol. The molecule has 4 rings (SSSR count). The van der Waals surface area contributed by atoms with Gasteiger partial charge in [0.25, 0.3) is 0 Å². The Bertz CT molecular complexity index is 940. The molecule has 27 heavy (non-hydrogen) atoms. The van der Waals surface area contributed by atoms with E-state index in [-0.39, 0.29) is 6.04 Å². The van der Waals surface area contributed by atoms with E-state index in [9.17, 15) is 8.42 Å². The third-order valence-corrected chi connectivity index (χ3v) is 8.33. The summed E-state index contributed by atoms with van der Waals surface area (Å²) in [6.07, 6.45) is 1.58. The van der Waals surface area contributed by atoms with Crippen LogP contribution in [0.5, 0.6) is 0 Å². The van der Waals surface area contributed by atoms with Crippen LogP contribution in [-0.2, 0) is 21.4 Å². The number of hydrogen-bond donors (Lipinski definition) is 0. The molecule has 1 saturated heterocycles. The Hall–Kier alpha value is -1.41.